The van der Waals surface area contributed by atoms with E-state index >= 15 is 0 Å². The van der Waals surface area contributed by atoms with Crippen LogP contribution in [0.15, 0.2) is 163 Å². The molecule has 0 spiro atoms. The zero-order valence-corrected chi connectivity index (χ0v) is 43.0. The van der Waals surface area contributed by atoms with E-state index in [0.717, 1.165) is 116 Å². The van der Waals surface area contributed by atoms with Crippen LogP contribution in [-0.4, -0.2) is 39.1 Å². The maximum absolute atomic E-state index is 14.8. The van der Waals surface area contributed by atoms with Gasteiger partial charge in [0.15, 0.2) is 5.56 Å². The van der Waals surface area contributed by atoms with E-state index < -0.39 is 16.4 Å². The van der Waals surface area contributed by atoms with Gasteiger partial charge in [0.2, 0.25) is 0 Å². The lowest BCUT2D eigenvalue weighted by Gasteiger charge is -2.36. The summed E-state index contributed by atoms with van der Waals surface area (Å²) in [4.78, 5) is 2.38. The molecule has 8 aromatic rings. The van der Waals surface area contributed by atoms with Crippen LogP contribution in [0.2, 0.25) is 0 Å². The number of hydrogen-bond donors (Lipinski definition) is 2. The van der Waals surface area contributed by atoms with E-state index in [1.165, 1.54) is 5.56 Å². The third-order valence-electron chi connectivity index (χ3n) is 15.7. The van der Waals surface area contributed by atoms with Gasteiger partial charge in [0.1, 0.15) is 33.9 Å². The highest BCUT2D eigenvalue weighted by Gasteiger charge is 2.47. The molecular weight excluding hydrogens is 905 g/mol. The van der Waals surface area contributed by atoms with Crippen molar-refractivity contribution in [3.05, 3.63) is 202 Å². The van der Waals surface area contributed by atoms with Crippen molar-refractivity contribution >= 4 is 44.6 Å². The quantitative estimate of drug-likeness (QED) is 0.0468. The second-order valence-electron chi connectivity index (χ2n) is 20.7. The number of aliphatic hydroxyl groups excluding tert-OH is 1. The van der Waals surface area contributed by atoms with Gasteiger partial charge in [-0.2, -0.15) is 0 Å². The molecule has 0 saturated carbocycles. The van der Waals surface area contributed by atoms with E-state index in [1.54, 1.807) is 14.2 Å². The average Bonchev–Trinajstić information content (AvgIpc) is 3.83. The number of nitrogens with zero attached hydrogens (tertiary/aromatic N) is 1. The summed E-state index contributed by atoms with van der Waals surface area (Å²) in [5.41, 5.74) is 8.76. The van der Waals surface area contributed by atoms with E-state index in [4.69, 9.17) is 14.2 Å². The van der Waals surface area contributed by atoms with Gasteiger partial charge in [0.05, 0.1) is 54.3 Å². The monoisotopic (exact) mass is 970 g/mol. The first kappa shape index (κ1) is 49.3. The molecule has 372 valence electrons. The number of aliphatic hydroxyl groups is 1. The number of methoxy groups -OCH3 is 2. The predicted octanol–water partition coefficient (Wildman–Crippen LogP) is 13.6. The molecule has 0 amide bonds. The molecule has 2 N–H and O–H groups in total. The van der Waals surface area contributed by atoms with Crippen LogP contribution < -0.4 is 29.9 Å². The third kappa shape index (κ3) is 8.74. The molecule has 0 fully saturated rings. The van der Waals surface area contributed by atoms with E-state index in [9.17, 15) is 15.3 Å². The number of anilines is 2. The zero-order valence-electron chi connectivity index (χ0n) is 43.0. The number of unbranched alkanes of at least 4 members (excludes halogenated alkanes) is 4. The molecule has 8 heteroatoms. The number of nitrogens with one attached hydrogen (secondary N) is 1. The third-order valence-corrected chi connectivity index (χ3v) is 15.7. The Morgan fingerprint density at radius 2 is 1.22 bits per heavy atom. The molecule has 0 aromatic heterocycles. The van der Waals surface area contributed by atoms with Crippen molar-refractivity contribution in [3.8, 4) is 23.0 Å². The SMILES string of the molecule is COc1ccc(C(OCCCCCN2C(=Cc3c([O-])[c+](C(CCCCCO)=C4Nc5c(ccc6ccccc56)C4(C)C)[c+]3[O-])C(C)(C)c3ccc4ccccc4c32)(c2ccccc2)c2ccc(OC)cc2)cc1. The molecule has 0 atom stereocenters. The Labute approximate surface area is 430 Å². The number of allylic oxidation sites excluding steroid dienone is 3. The van der Waals surface area contributed by atoms with Crippen LogP contribution in [0.4, 0.5) is 11.4 Å². The molecule has 0 bridgehead atoms. The maximum Gasteiger partial charge on any atom is 0.157 e. The van der Waals surface area contributed by atoms with Gasteiger partial charge in [-0.25, -0.2) is 0 Å². The molecule has 0 radical (unpaired) electrons. The van der Waals surface area contributed by atoms with Gasteiger partial charge in [-0.1, -0.05) is 134 Å². The first-order valence-electron chi connectivity index (χ1n) is 25.9. The maximum atomic E-state index is 14.8. The molecule has 8 aromatic carbocycles. The smallest absolute Gasteiger partial charge is 0.157 e. The summed E-state index contributed by atoms with van der Waals surface area (Å²) in [6.45, 7) is 10.1. The summed E-state index contributed by atoms with van der Waals surface area (Å²) in [5.74, 6) is 1.14. The highest BCUT2D eigenvalue weighted by atomic mass is 16.5. The van der Waals surface area contributed by atoms with Crippen molar-refractivity contribution in [3.63, 3.8) is 0 Å². The van der Waals surface area contributed by atoms with Gasteiger partial charge in [0.25, 0.3) is 0 Å². The summed E-state index contributed by atoms with van der Waals surface area (Å²) in [7, 11) is 3.35. The normalized spacial score (nSPS) is 16.0. The fraction of sp³-hybridized carbons (Fsp3) is 0.292. The molecular formula is C65H66N2O6. The van der Waals surface area contributed by atoms with Crippen molar-refractivity contribution in [2.75, 3.05) is 44.2 Å². The Morgan fingerprint density at radius 1 is 0.644 bits per heavy atom. The minimum absolute atomic E-state index is 0.106. The van der Waals surface area contributed by atoms with Crippen molar-refractivity contribution in [2.45, 2.75) is 89.1 Å². The molecule has 0 unspecified atom stereocenters. The topological polar surface area (TPSA) is 109 Å². The highest BCUT2D eigenvalue weighted by molar-refractivity contribution is 6.03. The zero-order chi connectivity index (χ0) is 50.9. The van der Waals surface area contributed by atoms with Crippen molar-refractivity contribution in [1.29, 1.82) is 0 Å². The summed E-state index contributed by atoms with van der Waals surface area (Å²) in [5, 5.41) is 47.6. The fourth-order valence-corrected chi connectivity index (χ4v) is 11.7. The van der Waals surface area contributed by atoms with Crippen LogP contribution in [0.5, 0.6) is 23.0 Å². The second-order valence-corrected chi connectivity index (χ2v) is 20.7. The van der Waals surface area contributed by atoms with Gasteiger partial charge in [0, 0.05) is 42.4 Å². The van der Waals surface area contributed by atoms with E-state index in [-0.39, 0.29) is 29.2 Å². The van der Waals surface area contributed by atoms with Crippen molar-refractivity contribution in [1.82, 2.24) is 0 Å². The molecule has 8 nitrogen and oxygen atoms in total. The Morgan fingerprint density at radius 3 is 1.85 bits per heavy atom. The molecule has 10 rings (SSSR count). The predicted molar refractivity (Wildman–Crippen MR) is 294 cm³/mol. The highest BCUT2D eigenvalue weighted by Crippen LogP contribution is 2.56. The number of hydrogen-bond acceptors (Lipinski definition) is 8. The van der Waals surface area contributed by atoms with E-state index in [2.05, 4.69) is 147 Å². The van der Waals surface area contributed by atoms with Crippen LogP contribution in [0.3, 0.4) is 0 Å². The first-order chi connectivity index (χ1) is 35.4. The largest absolute Gasteiger partial charge is 0.820 e. The summed E-state index contributed by atoms with van der Waals surface area (Å²) < 4.78 is 18.4. The molecule has 2 aliphatic heterocycles. The van der Waals surface area contributed by atoms with Gasteiger partial charge >= 0.3 is 0 Å². The lowest BCUT2D eigenvalue weighted by molar-refractivity contribution is -0.293. The van der Waals surface area contributed by atoms with Gasteiger partial charge in [-0.3, -0.25) is 0 Å². The van der Waals surface area contributed by atoms with Gasteiger partial charge in [-0.05, 0) is 123 Å². The van der Waals surface area contributed by atoms with Crippen LogP contribution in [0, 0.1) is 0 Å². The number of fused-ring (bicyclic) bond motifs is 6. The van der Waals surface area contributed by atoms with Crippen LogP contribution >= 0.6 is 0 Å². The fourth-order valence-electron chi connectivity index (χ4n) is 11.7. The lowest BCUT2D eigenvalue weighted by atomic mass is 9.77. The first-order valence-corrected chi connectivity index (χ1v) is 25.9. The van der Waals surface area contributed by atoms with Crippen LogP contribution in [0.1, 0.15) is 112 Å². The van der Waals surface area contributed by atoms with Gasteiger partial charge in [-0.15, -0.1) is 0 Å². The van der Waals surface area contributed by atoms with Gasteiger partial charge < -0.3 is 39.7 Å². The Bertz CT molecular complexity index is 3230. The molecule has 0 aliphatic carbocycles. The van der Waals surface area contributed by atoms with E-state index in [1.807, 2.05) is 48.5 Å². The minimum atomic E-state index is -0.904. The van der Waals surface area contributed by atoms with Crippen molar-refractivity contribution < 1.29 is 29.5 Å². The average molecular weight is 971 g/mol. The molecule has 0 saturated heterocycles. The minimum Gasteiger partial charge on any atom is -0.820 e. The summed E-state index contributed by atoms with van der Waals surface area (Å²) in [6, 6.07) is 52.2. The number of ether oxygens (including phenoxy) is 3. The summed E-state index contributed by atoms with van der Waals surface area (Å²) >= 11 is 0. The summed E-state index contributed by atoms with van der Waals surface area (Å²) in [6.07, 6.45) is 7.19. The Hall–Kier alpha value is -7.26. The van der Waals surface area contributed by atoms with Crippen LogP contribution in [0.25, 0.3) is 33.2 Å². The Balaban J connectivity index is 0.964. The standard InChI is InChI=1S/C65H66N2O6/c1-63(2)55-38-28-44-21-14-16-25-51(44)59(55)67(39-17-9-19-41-73-65(45-22-10-7-11-23-45,46-29-33-48(71-5)34-30-46)47-31-35-49(72-6)36-32-47)56(63)42-53-60(69)57(61(53)70)52(26-12-8-18-40-68)62-64(3,4)54-37-27-43-20-13-15-24-50(43)58(54)66-62/h7,10-11,13-16,20-25,27-38,42,66,68H,8-9,12,17-19,26,39-41H2,1-6H3. The number of rotatable bonds is 19. The molecule has 2 heterocycles. The lowest BCUT2D eigenvalue weighted by Crippen LogP contribution is -2.33. The van der Waals surface area contributed by atoms with Crippen molar-refractivity contribution in [2.24, 2.45) is 0 Å². The Kier molecular flexibility index (Phi) is 13.7. The van der Waals surface area contributed by atoms with Crippen LogP contribution in [-0.2, 0) is 21.2 Å². The molecule has 73 heavy (non-hydrogen) atoms. The second kappa shape index (κ2) is 20.3. The van der Waals surface area contributed by atoms with E-state index in [0.29, 0.717) is 26.0 Å². The number of benzene rings is 7. The molecule has 2 aliphatic rings.